The van der Waals surface area contributed by atoms with Crippen LogP contribution in [0, 0.1) is 5.92 Å². The van der Waals surface area contributed by atoms with E-state index in [1.807, 2.05) is 20.8 Å². The smallest absolute Gasteiger partial charge is 0.342 e. The highest BCUT2D eigenvalue weighted by Crippen LogP contribution is 2.61. The minimum Gasteiger partial charge on any atom is -0.486 e. The number of ether oxygens (including phenoxy) is 4. The average Bonchev–Trinajstić information content (AvgIpc) is 3.22. The summed E-state index contributed by atoms with van der Waals surface area (Å²) < 4.78 is 30.3. The summed E-state index contributed by atoms with van der Waals surface area (Å²) in [6.45, 7) is 16.8. The van der Waals surface area contributed by atoms with E-state index >= 15 is 0 Å². The van der Waals surface area contributed by atoms with Gasteiger partial charge in [-0.1, -0.05) is 26.3 Å². The average molecular weight is 559 g/mol. The highest BCUT2D eigenvalue weighted by molar-refractivity contribution is 6.74. The maximum atomic E-state index is 13.0. The Labute approximate surface area is 232 Å². The molecule has 39 heavy (non-hydrogen) atoms. The third kappa shape index (κ3) is 5.04. The number of hydrogen-bond donors (Lipinski definition) is 0. The Balaban J connectivity index is 1.89. The Morgan fingerprint density at radius 3 is 2.31 bits per heavy atom. The van der Waals surface area contributed by atoms with Crippen LogP contribution in [0.2, 0.25) is 18.1 Å². The molecule has 0 saturated heterocycles. The van der Waals surface area contributed by atoms with E-state index in [-0.39, 0.29) is 46.3 Å². The summed E-state index contributed by atoms with van der Waals surface area (Å²) in [5, 5.41) is -0.00332. The van der Waals surface area contributed by atoms with Crippen LogP contribution in [0.5, 0.6) is 11.5 Å². The summed E-state index contributed by atoms with van der Waals surface area (Å²) in [4.78, 5) is 38.9. The molecule has 9 heteroatoms. The van der Waals surface area contributed by atoms with Crippen molar-refractivity contribution in [3.63, 3.8) is 0 Å². The SMILES string of the molecule is COC(=O)c1cc2c3c(c1C(=O)OC)OC1C(O[Si](C)(C)C(C)(C)C)CCC(C31)C(C)(CC(=O)C=C(C)C)O2. The summed E-state index contributed by atoms with van der Waals surface area (Å²) in [5.74, 6) is -0.903. The van der Waals surface area contributed by atoms with Crippen molar-refractivity contribution in [1.29, 1.82) is 0 Å². The second kappa shape index (κ2) is 10.1. The summed E-state index contributed by atoms with van der Waals surface area (Å²) in [7, 11) is 0.356. The molecular formula is C30H42O8Si. The molecule has 214 valence electrons. The Morgan fingerprint density at radius 1 is 1.10 bits per heavy atom. The van der Waals surface area contributed by atoms with Crippen molar-refractivity contribution in [2.45, 2.75) is 103 Å². The molecule has 1 saturated carbocycles. The molecule has 0 amide bonds. The molecule has 0 spiro atoms. The molecule has 8 nitrogen and oxygen atoms in total. The quantitative estimate of drug-likeness (QED) is 0.229. The lowest BCUT2D eigenvalue weighted by atomic mass is 9.63. The number of carbonyl (C=O) groups excluding carboxylic acids is 3. The van der Waals surface area contributed by atoms with Crippen molar-refractivity contribution < 1.29 is 37.8 Å². The number of ketones is 1. The van der Waals surface area contributed by atoms with Gasteiger partial charge >= 0.3 is 11.9 Å². The van der Waals surface area contributed by atoms with Gasteiger partial charge in [0.15, 0.2) is 14.1 Å². The molecule has 0 N–H and O–H groups in total. The normalized spacial score (nSPS) is 27.0. The van der Waals surface area contributed by atoms with Crippen molar-refractivity contribution in [3.8, 4) is 11.5 Å². The lowest BCUT2D eigenvalue weighted by molar-refractivity contribution is -0.124. The standard InChI is InChI=1S/C30H42O8Si/c1-16(2)13-17(31)15-30(6)19-11-12-20(38-39(9,10)29(3,4)5)25-23(19)24-21(37-30)14-18(27(32)34-7)22(26(24)36-25)28(33)35-8/h13-14,19-20,23,25H,11-12,15H2,1-10H3. The van der Waals surface area contributed by atoms with Gasteiger partial charge in [-0.05, 0) is 63.9 Å². The highest BCUT2D eigenvalue weighted by atomic mass is 28.4. The molecular weight excluding hydrogens is 516 g/mol. The van der Waals surface area contributed by atoms with E-state index in [1.165, 1.54) is 14.2 Å². The number of methoxy groups -OCH3 is 2. The van der Waals surface area contributed by atoms with Gasteiger partial charge in [0.05, 0.1) is 32.3 Å². The van der Waals surface area contributed by atoms with E-state index in [9.17, 15) is 14.4 Å². The van der Waals surface area contributed by atoms with E-state index in [4.69, 9.17) is 23.4 Å². The fourth-order valence-corrected chi connectivity index (χ4v) is 7.49. The Kier molecular flexibility index (Phi) is 7.57. The van der Waals surface area contributed by atoms with Gasteiger partial charge in [-0.2, -0.15) is 0 Å². The van der Waals surface area contributed by atoms with Gasteiger partial charge in [0, 0.05) is 17.4 Å². The van der Waals surface area contributed by atoms with Crippen LogP contribution >= 0.6 is 0 Å². The van der Waals surface area contributed by atoms with Crippen LogP contribution in [0.1, 0.15) is 93.0 Å². The van der Waals surface area contributed by atoms with Crippen molar-refractivity contribution in [2.75, 3.05) is 14.2 Å². The number of esters is 2. The van der Waals surface area contributed by atoms with E-state index in [1.54, 1.807) is 12.1 Å². The third-order valence-corrected chi connectivity index (χ3v) is 13.4. The van der Waals surface area contributed by atoms with Crippen LogP contribution < -0.4 is 9.47 Å². The summed E-state index contributed by atoms with van der Waals surface area (Å²) in [6, 6.07) is 1.54. The van der Waals surface area contributed by atoms with Gasteiger partial charge in [-0.3, -0.25) is 4.79 Å². The predicted octanol–water partition coefficient (Wildman–Crippen LogP) is 5.98. The van der Waals surface area contributed by atoms with E-state index in [0.29, 0.717) is 11.5 Å². The lowest BCUT2D eigenvalue weighted by Gasteiger charge is -2.51. The van der Waals surface area contributed by atoms with Crippen LogP contribution in [0.4, 0.5) is 0 Å². The molecule has 0 bridgehead atoms. The molecule has 1 aromatic carbocycles. The minimum atomic E-state index is -2.17. The van der Waals surface area contributed by atoms with E-state index in [2.05, 4.69) is 33.9 Å². The highest BCUT2D eigenvalue weighted by Gasteiger charge is 2.60. The zero-order valence-electron chi connectivity index (χ0n) is 24.9. The summed E-state index contributed by atoms with van der Waals surface area (Å²) >= 11 is 0. The first-order valence-electron chi connectivity index (χ1n) is 13.6. The predicted molar refractivity (Wildman–Crippen MR) is 149 cm³/mol. The first-order chi connectivity index (χ1) is 18.0. The van der Waals surface area contributed by atoms with E-state index < -0.39 is 32.0 Å². The number of benzene rings is 1. The molecule has 3 aliphatic rings. The van der Waals surface area contributed by atoms with Gasteiger partial charge in [-0.15, -0.1) is 0 Å². The monoisotopic (exact) mass is 558 g/mol. The zero-order chi connectivity index (χ0) is 29.1. The van der Waals surface area contributed by atoms with Crippen molar-refractivity contribution in [2.24, 2.45) is 5.92 Å². The molecule has 5 atom stereocenters. The van der Waals surface area contributed by atoms with Crippen LogP contribution in [-0.4, -0.2) is 58.1 Å². The summed E-state index contributed by atoms with van der Waals surface area (Å²) in [6.07, 6.45) is 2.72. The van der Waals surface area contributed by atoms with Gasteiger partial charge in [-0.25, -0.2) is 9.59 Å². The molecule has 1 fully saturated rings. The molecule has 2 heterocycles. The largest absolute Gasteiger partial charge is 0.486 e. The first-order valence-corrected chi connectivity index (χ1v) is 16.5. The number of carbonyl (C=O) groups is 3. The second-order valence-electron chi connectivity index (χ2n) is 13.0. The van der Waals surface area contributed by atoms with Crippen LogP contribution in [0.3, 0.4) is 0 Å². The number of hydrogen-bond acceptors (Lipinski definition) is 8. The van der Waals surface area contributed by atoms with Crippen molar-refractivity contribution in [1.82, 2.24) is 0 Å². The Hall–Kier alpha value is -2.65. The minimum absolute atomic E-state index is 0.00332. The summed E-state index contributed by atoms with van der Waals surface area (Å²) in [5.41, 5.74) is 0.872. The number of allylic oxidation sites excluding steroid dienone is 2. The van der Waals surface area contributed by atoms with Gasteiger partial charge in [0.25, 0.3) is 0 Å². The molecule has 0 radical (unpaired) electrons. The molecule has 1 aliphatic carbocycles. The van der Waals surface area contributed by atoms with Crippen LogP contribution in [-0.2, 0) is 18.7 Å². The maximum absolute atomic E-state index is 13.0. The van der Waals surface area contributed by atoms with Crippen molar-refractivity contribution >= 4 is 26.0 Å². The van der Waals surface area contributed by atoms with Gasteiger partial charge < -0.3 is 23.4 Å². The Bertz CT molecular complexity index is 1220. The van der Waals surface area contributed by atoms with Crippen LogP contribution in [0.25, 0.3) is 0 Å². The molecule has 1 aromatic rings. The number of rotatable bonds is 7. The van der Waals surface area contributed by atoms with Crippen LogP contribution in [0.15, 0.2) is 17.7 Å². The third-order valence-electron chi connectivity index (χ3n) is 8.93. The first kappa shape index (κ1) is 29.3. The van der Waals surface area contributed by atoms with Gasteiger partial charge in [0.1, 0.15) is 28.8 Å². The molecule has 5 unspecified atom stereocenters. The lowest BCUT2D eigenvalue weighted by Crippen LogP contribution is -2.57. The van der Waals surface area contributed by atoms with Crippen molar-refractivity contribution in [3.05, 3.63) is 34.4 Å². The molecule has 4 rings (SSSR count). The zero-order valence-corrected chi connectivity index (χ0v) is 25.9. The second-order valence-corrected chi connectivity index (χ2v) is 17.8. The maximum Gasteiger partial charge on any atom is 0.342 e. The van der Waals surface area contributed by atoms with E-state index in [0.717, 1.165) is 24.0 Å². The van der Waals surface area contributed by atoms with Gasteiger partial charge in [0.2, 0.25) is 0 Å². The fourth-order valence-electron chi connectivity index (χ4n) is 6.13. The molecule has 0 aromatic heterocycles. The Morgan fingerprint density at radius 2 is 1.74 bits per heavy atom. The topological polar surface area (TPSA) is 97.4 Å². The fraction of sp³-hybridized carbons (Fsp3) is 0.633. The molecule has 2 aliphatic heterocycles.